The van der Waals surface area contributed by atoms with Gasteiger partial charge < -0.3 is 10.1 Å². The molecule has 0 atom stereocenters. The Morgan fingerprint density at radius 3 is 2.53 bits per heavy atom. The zero-order chi connectivity index (χ0) is 10.9. The van der Waals surface area contributed by atoms with Crippen molar-refractivity contribution >= 4 is 9.84 Å². The first-order chi connectivity index (χ1) is 7.16. The first-order valence-corrected chi connectivity index (χ1v) is 6.28. The molecule has 5 heteroatoms. The van der Waals surface area contributed by atoms with Gasteiger partial charge in [-0.3, -0.25) is 0 Å². The molecule has 1 aromatic rings. The van der Waals surface area contributed by atoms with Crippen LogP contribution < -0.4 is 10.1 Å². The molecule has 2 rings (SSSR count). The molecule has 0 aliphatic carbocycles. The van der Waals surface area contributed by atoms with E-state index >= 15 is 0 Å². The van der Waals surface area contributed by atoms with Crippen molar-refractivity contribution in [3.8, 4) is 5.75 Å². The SMILES string of the molecule is COc1ccccc1S(=O)(=O)C1CNC1. The second kappa shape index (κ2) is 3.83. The number of benzene rings is 1. The topological polar surface area (TPSA) is 55.4 Å². The van der Waals surface area contributed by atoms with Crippen LogP contribution in [0, 0.1) is 0 Å². The van der Waals surface area contributed by atoms with Crippen LogP contribution in [-0.4, -0.2) is 33.9 Å². The van der Waals surface area contributed by atoms with Crippen molar-refractivity contribution in [3.63, 3.8) is 0 Å². The number of nitrogens with one attached hydrogen (secondary N) is 1. The van der Waals surface area contributed by atoms with E-state index in [4.69, 9.17) is 4.74 Å². The van der Waals surface area contributed by atoms with Crippen molar-refractivity contribution in [2.45, 2.75) is 10.1 Å². The van der Waals surface area contributed by atoms with E-state index in [-0.39, 0.29) is 5.25 Å². The highest BCUT2D eigenvalue weighted by Gasteiger charge is 2.34. The summed E-state index contributed by atoms with van der Waals surface area (Å²) in [6.07, 6.45) is 0. The smallest absolute Gasteiger partial charge is 0.187 e. The molecule has 0 spiro atoms. The van der Waals surface area contributed by atoms with Crippen molar-refractivity contribution in [1.82, 2.24) is 5.32 Å². The average Bonchev–Trinajstić information content (AvgIpc) is 2.14. The van der Waals surface area contributed by atoms with Gasteiger partial charge in [0.25, 0.3) is 0 Å². The molecule has 82 valence electrons. The molecule has 0 aromatic heterocycles. The third-order valence-electron chi connectivity index (χ3n) is 2.56. The Morgan fingerprint density at radius 1 is 1.33 bits per heavy atom. The highest BCUT2D eigenvalue weighted by molar-refractivity contribution is 7.92. The summed E-state index contributed by atoms with van der Waals surface area (Å²) in [4.78, 5) is 0.291. The van der Waals surface area contributed by atoms with Gasteiger partial charge in [-0.25, -0.2) is 8.42 Å². The van der Waals surface area contributed by atoms with E-state index in [0.29, 0.717) is 23.7 Å². The van der Waals surface area contributed by atoms with Crippen LogP contribution in [0.2, 0.25) is 0 Å². The maximum atomic E-state index is 12.1. The van der Waals surface area contributed by atoms with Gasteiger partial charge in [-0.15, -0.1) is 0 Å². The second-order valence-electron chi connectivity index (χ2n) is 3.48. The van der Waals surface area contributed by atoms with E-state index in [0.717, 1.165) is 0 Å². The number of hydrogen-bond acceptors (Lipinski definition) is 4. The summed E-state index contributed by atoms with van der Waals surface area (Å²) in [5.74, 6) is 0.421. The van der Waals surface area contributed by atoms with Crippen LogP contribution in [-0.2, 0) is 9.84 Å². The largest absolute Gasteiger partial charge is 0.495 e. The van der Waals surface area contributed by atoms with Gasteiger partial charge in [0.2, 0.25) is 0 Å². The quantitative estimate of drug-likeness (QED) is 0.814. The fourth-order valence-electron chi connectivity index (χ4n) is 1.52. The Morgan fingerprint density at radius 2 is 2.00 bits per heavy atom. The molecule has 0 saturated carbocycles. The van der Waals surface area contributed by atoms with Crippen LogP contribution in [0.4, 0.5) is 0 Å². The minimum atomic E-state index is -3.23. The van der Waals surface area contributed by atoms with E-state index in [2.05, 4.69) is 5.32 Å². The summed E-state index contributed by atoms with van der Waals surface area (Å²) < 4.78 is 29.2. The van der Waals surface area contributed by atoms with E-state index in [1.165, 1.54) is 7.11 Å². The predicted molar refractivity (Wildman–Crippen MR) is 56.8 cm³/mol. The molecule has 15 heavy (non-hydrogen) atoms. The molecule has 4 nitrogen and oxygen atoms in total. The van der Waals surface area contributed by atoms with Crippen LogP contribution in [0.1, 0.15) is 0 Å². The van der Waals surface area contributed by atoms with Crippen molar-refractivity contribution in [3.05, 3.63) is 24.3 Å². The second-order valence-corrected chi connectivity index (χ2v) is 5.67. The molecule has 0 unspecified atom stereocenters. The molecular formula is C10H13NO3S. The Bertz CT molecular complexity index is 451. The van der Waals surface area contributed by atoms with E-state index < -0.39 is 9.84 Å². The molecule has 0 radical (unpaired) electrons. The standard InChI is InChI=1S/C10H13NO3S/c1-14-9-4-2-3-5-10(9)15(12,13)8-6-11-7-8/h2-5,8,11H,6-7H2,1H3. The van der Waals surface area contributed by atoms with Crippen molar-refractivity contribution in [1.29, 1.82) is 0 Å². The lowest BCUT2D eigenvalue weighted by molar-refractivity contribution is 0.401. The number of hydrogen-bond donors (Lipinski definition) is 1. The van der Waals surface area contributed by atoms with E-state index in [1.54, 1.807) is 24.3 Å². The third-order valence-corrected chi connectivity index (χ3v) is 4.72. The molecule has 1 heterocycles. The molecule has 1 N–H and O–H groups in total. The highest BCUT2D eigenvalue weighted by atomic mass is 32.2. The Kier molecular flexibility index (Phi) is 2.67. The minimum absolute atomic E-state index is 0.291. The zero-order valence-corrected chi connectivity index (χ0v) is 9.25. The number of para-hydroxylation sites is 1. The fraction of sp³-hybridized carbons (Fsp3) is 0.400. The first kappa shape index (κ1) is 10.4. The van der Waals surface area contributed by atoms with E-state index in [9.17, 15) is 8.42 Å². The number of rotatable bonds is 3. The van der Waals surface area contributed by atoms with Gasteiger partial charge in [0.05, 0.1) is 12.4 Å². The van der Waals surface area contributed by atoms with Gasteiger partial charge in [-0.05, 0) is 12.1 Å². The van der Waals surface area contributed by atoms with Crippen LogP contribution in [0.25, 0.3) is 0 Å². The summed E-state index contributed by atoms with van der Waals surface area (Å²) in [6, 6.07) is 6.73. The van der Waals surface area contributed by atoms with E-state index in [1.807, 2.05) is 0 Å². The van der Waals surface area contributed by atoms with Crippen LogP contribution in [0.15, 0.2) is 29.2 Å². The molecule has 0 amide bonds. The summed E-state index contributed by atoms with van der Waals surface area (Å²) in [7, 11) is -1.75. The molecule has 0 bridgehead atoms. The fourth-order valence-corrected chi connectivity index (χ4v) is 3.25. The van der Waals surface area contributed by atoms with Crippen molar-refractivity contribution in [2.24, 2.45) is 0 Å². The highest BCUT2D eigenvalue weighted by Crippen LogP contribution is 2.27. The number of methoxy groups -OCH3 is 1. The van der Waals surface area contributed by atoms with Gasteiger partial charge >= 0.3 is 0 Å². The molecule has 1 aliphatic heterocycles. The lowest BCUT2D eigenvalue weighted by atomic mass is 10.3. The van der Waals surface area contributed by atoms with Crippen LogP contribution in [0.5, 0.6) is 5.75 Å². The average molecular weight is 227 g/mol. The summed E-state index contributed by atoms with van der Waals surface area (Å²) >= 11 is 0. The van der Waals surface area contributed by atoms with Gasteiger partial charge in [-0.2, -0.15) is 0 Å². The Hall–Kier alpha value is -1.07. The zero-order valence-electron chi connectivity index (χ0n) is 8.43. The molecule has 1 fully saturated rings. The monoisotopic (exact) mass is 227 g/mol. The first-order valence-electron chi connectivity index (χ1n) is 4.74. The van der Waals surface area contributed by atoms with Crippen LogP contribution >= 0.6 is 0 Å². The lowest BCUT2D eigenvalue weighted by Gasteiger charge is -2.27. The number of sulfone groups is 1. The van der Waals surface area contributed by atoms with Gasteiger partial charge in [0.15, 0.2) is 9.84 Å². The Labute approximate surface area is 89.2 Å². The predicted octanol–water partition coefficient (Wildman–Crippen LogP) is 0.441. The summed E-state index contributed by atoms with van der Waals surface area (Å²) in [6.45, 7) is 1.06. The molecular weight excluding hydrogens is 214 g/mol. The van der Waals surface area contributed by atoms with Crippen molar-refractivity contribution in [2.75, 3.05) is 20.2 Å². The summed E-state index contributed by atoms with van der Waals surface area (Å²) in [5, 5.41) is 2.64. The molecule has 1 saturated heterocycles. The molecule has 1 aromatic carbocycles. The maximum absolute atomic E-state index is 12.1. The third kappa shape index (κ3) is 1.72. The Balaban J connectivity index is 2.43. The minimum Gasteiger partial charge on any atom is -0.495 e. The van der Waals surface area contributed by atoms with Crippen molar-refractivity contribution < 1.29 is 13.2 Å². The molecule has 1 aliphatic rings. The number of ether oxygens (including phenoxy) is 1. The van der Waals surface area contributed by atoms with Gasteiger partial charge in [-0.1, -0.05) is 12.1 Å². The summed E-state index contributed by atoms with van der Waals surface area (Å²) in [5.41, 5.74) is 0. The lowest BCUT2D eigenvalue weighted by Crippen LogP contribution is -2.51. The van der Waals surface area contributed by atoms with Gasteiger partial charge in [0.1, 0.15) is 10.6 Å². The van der Waals surface area contributed by atoms with Crippen LogP contribution in [0.3, 0.4) is 0 Å². The maximum Gasteiger partial charge on any atom is 0.187 e. The van der Waals surface area contributed by atoms with Gasteiger partial charge in [0, 0.05) is 13.1 Å². The normalized spacial score (nSPS) is 17.1.